The largest absolute Gasteiger partial charge is 0.368 e. The second-order valence-corrected chi connectivity index (χ2v) is 11.8. The van der Waals surface area contributed by atoms with Crippen molar-refractivity contribution < 1.29 is 24.0 Å². The van der Waals surface area contributed by atoms with Gasteiger partial charge in [-0.2, -0.15) is 0 Å². The number of nitrogens with zero attached hydrogens (tertiary/aromatic N) is 1. The number of para-hydroxylation sites is 1. The van der Waals surface area contributed by atoms with Gasteiger partial charge in [-0.3, -0.25) is 24.0 Å². The number of aromatic nitrogens is 1. The number of benzene rings is 3. The van der Waals surface area contributed by atoms with E-state index in [1.807, 2.05) is 54.6 Å². The lowest BCUT2D eigenvalue weighted by Crippen LogP contribution is -2.58. The number of amides is 5. The van der Waals surface area contributed by atoms with Gasteiger partial charge in [-0.15, -0.1) is 0 Å². The number of primary amides is 2. The number of carbonyl (C=O) groups excluding carboxylic acids is 5. The van der Waals surface area contributed by atoms with E-state index in [0.717, 1.165) is 27.6 Å². The van der Waals surface area contributed by atoms with Gasteiger partial charge in [0.25, 0.3) is 0 Å². The monoisotopic (exact) mass is 637 g/mol. The first-order valence-electron chi connectivity index (χ1n) is 15.5. The molecule has 5 rings (SSSR count). The molecule has 1 fully saturated rings. The smallest absolute Gasteiger partial charge is 0.248 e. The molecule has 1 aliphatic rings. The number of nitrogens with one attached hydrogen (secondary N) is 3. The molecule has 244 valence electrons. The number of hydrogen-bond acceptors (Lipinski definition) is 6. The Morgan fingerprint density at radius 1 is 0.809 bits per heavy atom. The minimum absolute atomic E-state index is 0.125. The van der Waals surface area contributed by atoms with Gasteiger partial charge in [-0.25, -0.2) is 0 Å². The fourth-order valence-corrected chi connectivity index (χ4v) is 6.00. The van der Waals surface area contributed by atoms with Gasteiger partial charge in [0.2, 0.25) is 29.5 Å². The third-order valence-corrected chi connectivity index (χ3v) is 8.52. The Morgan fingerprint density at radius 2 is 1.49 bits per heavy atom. The molecule has 0 radical (unpaired) electrons. The molecule has 0 bridgehead atoms. The van der Waals surface area contributed by atoms with Crippen LogP contribution in [0.4, 0.5) is 0 Å². The number of likely N-dealkylation sites (tertiary alicyclic amines) is 1. The van der Waals surface area contributed by atoms with Crippen LogP contribution in [0.15, 0.2) is 85.1 Å². The summed E-state index contributed by atoms with van der Waals surface area (Å²) in [5.41, 5.74) is 20.9. The van der Waals surface area contributed by atoms with Gasteiger partial charge in [0.1, 0.15) is 18.1 Å². The number of rotatable bonds is 13. The molecule has 0 saturated carbocycles. The molecule has 47 heavy (non-hydrogen) atoms. The van der Waals surface area contributed by atoms with Crippen molar-refractivity contribution in [3.63, 3.8) is 0 Å². The number of H-pyrrole nitrogens is 1. The lowest BCUT2D eigenvalue weighted by molar-refractivity contribution is -0.140. The number of carbonyl (C=O) groups is 5. The molecule has 1 aromatic heterocycles. The van der Waals surface area contributed by atoms with E-state index < -0.39 is 53.7 Å². The van der Waals surface area contributed by atoms with Crippen LogP contribution in [-0.2, 0) is 38.4 Å². The molecule has 9 N–H and O–H groups in total. The molecular formula is C35H39N7O5. The molecule has 1 saturated heterocycles. The van der Waals surface area contributed by atoms with Crippen molar-refractivity contribution in [3.8, 4) is 0 Å². The third-order valence-electron chi connectivity index (χ3n) is 8.52. The maximum atomic E-state index is 13.8. The molecule has 0 unspecified atom stereocenters. The quantitative estimate of drug-likeness (QED) is 0.126. The molecule has 0 spiro atoms. The lowest BCUT2D eigenvalue weighted by atomic mass is 10.0. The molecular weight excluding hydrogens is 598 g/mol. The van der Waals surface area contributed by atoms with E-state index in [-0.39, 0.29) is 19.3 Å². The average Bonchev–Trinajstić information content (AvgIpc) is 3.72. The summed E-state index contributed by atoms with van der Waals surface area (Å²) < 4.78 is 0. The van der Waals surface area contributed by atoms with Crippen LogP contribution in [0.2, 0.25) is 0 Å². The minimum atomic E-state index is -1.07. The number of nitrogens with two attached hydrogens (primary N) is 3. The standard InChI is InChI=1S/C35H39N7O5/c36-26(17-22-12-14-23(15-13-22)31(37)43)35(47)42-16-6-11-30(42)34(46)41-29(19-24-20-39-27-10-5-4-9-25(24)27)33(45)40-28(32(38)44)18-21-7-2-1-3-8-21/h1-5,7-10,12-15,20,26,28-30,39H,6,11,16-19,36H2,(H2,37,43)(H2,38,44)(H,40,45)(H,41,46)/t26-,28-,29-,30-/m0/s1. The van der Waals surface area contributed by atoms with Gasteiger partial charge in [-0.05, 0) is 54.2 Å². The summed E-state index contributed by atoms with van der Waals surface area (Å²) in [6.45, 7) is 0.339. The van der Waals surface area contributed by atoms with E-state index in [0.29, 0.717) is 24.9 Å². The van der Waals surface area contributed by atoms with Crippen molar-refractivity contribution in [1.29, 1.82) is 0 Å². The topological polar surface area (TPSA) is 206 Å². The zero-order chi connectivity index (χ0) is 33.5. The number of fused-ring (bicyclic) bond motifs is 1. The Balaban J connectivity index is 1.32. The number of hydrogen-bond donors (Lipinski definition) is 6. The van der Waals surface area contributed by atoms with Gasteiger partial charge in [0, 0.05) is 42.0 Å². The van der Waals surface area contributed by atoms with Crippen LogP contribution in [0.3, 0.4) is 0 Å². The van der Waals surface area contributed by atoms with Crippen molar-refractivity contribution in [2.24, 2.45) is 17.2 Å². The summed E-state index contributed by atoms with van der Waals surface area (Å²) in [6.07, 6.45) is 3.28. The molecule has 0 aliphatic carbocycles. The van der Waals surface area contributed by atoms with Gasteiger partial charge >= 0.3 is 0 Å². The zero-order valence-electron chi connectivity index (χ0n) is 25.9. The summed E-state index contributed by atoms with van der Waals surface area (Å²) >= 11 is 0. The Kier molecular flexibility index (Phi) is 10.3. The average molecular weight is 638 g/mol. The maximum Gasteiger partial charge on any atom is 0.248 e. The van der Waals surface area contributed by atoms with Crippen LogP contribution in [0.25, 0.3) is 10.9 Å². The first-order chi connectivity index (χ1) is 22.6. The first-order valence-corrected chi connectivity index (χ1v) is 15.5. The predicted octanol–water partition coefficient (Wildman–Crippen LogP) is 1.07. The summed E-state index contributed by atoms with van der Waals surface area (Å²) in [5.74, 6) is -2.72. The SMILES string of the molecule is NC(=O)c1ccc(C[C@H](N)C(=O)N2CCC[C@H]2C(=O)N[C@@H](Cc2c[nH]c3ccccc23)C(=O)N[C@@H](Cc2ccccc2)C(N)=O)cc1. The highest BCUT2D eigenvalue weighted by molar-refractivity contribution is 5.96. The molecule has 2 heterocycles. The highest BCUT2D eigenvalue weighted by Gasteiger charge is 2.38. The van der Waals surface area contributed by atoms with Crippen LogP contribution in [0.1, 0.15) is 39.9 Å². The van der Waals surface area contributed by atoms with Crippen molar-refractivity contribution in [2.75, 3.05) is 6.54 Å². The molecule has 4 atom stereocenters. The lowest BCUT2D eigenvalue weighted by Gasteiger charge is -2.29. The zero-order valence-corrected chi connectivity index (χ0v) is 25.9. The van der Waals surface area contributed by atoms with E-state index in [4.69, 9.17) is 17.2 Å². The van der Waals surface area contributed by atoms with E-state index in [1.54, 1.807) is 30.5 Å². The molecule has 5 amide bonds. The van der Waals surface area contributed by atoms with Gasteiger partial charge < -0.3 is 37.7 Å². The summed E-state index contributed by atoms with van der Waals surface area (Å²) in [6, 6.07) is 19.4. The van der Waals surface area contributed by atoms with Crippen molar-refractivity contribution >= 4 is 40.4 Å². The van der Waals surface area contributed by atoms with Crippen LogP contribution in [0.5, 0.6) is 0 Å². The van der Waals surface area contributed by atoms with Crippen LogP contribution < -0.4 is 27.8 Å². The Morgan fingerprint density at radius 3 is 2.19 bits per heavy atom. The summed E-state index contributed by atoms with van der Waals surface area (Å²) in [7, 11) is 0. The van der Waals surface area contributed by atoms with Crippen LogP contribution in [-0.4, -0.2) is 70.1 Å². The maximum absolute atomic E-state index is 13.8. The minimum Gasteiger partial charge on any atom is -0.368 e. The molecule has 12 heteroatoms. The van der Waals surface area contributed by atoms with Crippen LogP contribution >= 0.6 is 0 Å². The third kappa shape index (κ3) is 8.03. The summed E-state index contributed by atoms with van der Waals surface area (Å²) in [4.78, 5) is 69.5. The Bertz CT molecular complexity index is 1750. The normalized spacial score (nSPS) is 16.3. The highest BCUT2D eigenvalue weighted by Crippen LogP contribution is 2.22. The van der Waals surface area contributed by atoms with Gasteiger partial charge in [-0.1, -0.05) is 60.7 Å². The predicted molar refractivity (Wildman–Crippen MR) is 177 cm³/mol. The first kappa shape index (κ1) is 32.9. The molecule has 3 aromatic carbocycles. The fraction of sp³-hybridized carbons (Fsp3) is 0.286. The van der Waals surface area contributed by atoms with E-state index in [9.17, 15) is 24.0 Å². The second kappa shape index (κ2) is 14.7. The fourth-order valence-electron chi connectivity index (χ4n) is 6.00. The Labute approximate surface area is 272 Å². The van der Waals surface area contributed by atoms with E-state index in [2.05, 4.69) is 15.6 Å². The molecule has 4 aromatic rings. The van der Waals surface area contributed by atoms with Crippen LogP contribution in [0, 0.1) is 0 Å². The molecule has 1 aliphatic heterocycles. The van der Waals surface area contributed by atoms with Crippen molar-refractivity contribution in [1.82, 2.24) is 20.5 Å². The second-order valence-electron chi connectivity index (χ2n) is 11.8. The van der Waals surface area contributed by atoms with Crippen molar-refractivity contribution in [3.05, 3.63) is 107 Å². The number of aromatic amines is 1. The van der Waals surface area contributed by atoms with Gasteiger partial charge in [0.15, 0.2) is 0 Å². The Hall–Kier alpha value is -5.49. The molecule has 12 nitrogen and oxygen atoms in total. The van der Waals surface area contributed by atoms with E-state index >= 15 is 0 Å². The van der Waals surface area contributed by atoms with E-state index in [1.165, 1.54) is 4.90 Å². The summed E-state index contributed by atoms with van der Waals surface area (Å²) in [5, 5.41) is 6.50. The van der Waals surface area contributed by atoms with Crippen molar-refractivity contribution in [2.45, 2.75) is 56.3 Å². The van der Waals surface area contributed by atoms with Gasteiger partial charge in [0.05, 0.1) is 6.04 Å². The highest BCUT2D eigenvalue weighted by atomic mass is 16.2.